The van der Waals surface area contributed by atoms with Crippen LogP contribution in [0.3, 0.4) is 0 Å². The van der Waals surface area contributed by atoms with E-state index in [1.165, 1.54) is 19.3 Å². The third-order valence-corrected chi connectivity index (χ3v) is 2.88. The number of hydrogen-bond acceptors (Lipinski definition) is 2. The molecule has 4 heteroatoms. The zero-order valence-electron chi connectivity index (χ0n) is 9.92. The van der Waals surface area contributed by atoms with Crippen LogP contribution in [0.2, 0.25) is 0 Å². The molecule has 0 bridgehead atoms. The summed E-state index contributed by atoms with van der Waals surface area (Å²) >= 11 is 5.19. The van der Waals surface area contributed by atoms with Gasteiger partial charge in [0.15, 0.2) is 4.77 Å². The Balaban J connectivity index is 2.43. The predicted molar refractivity (Wildman–Crippen MR) is 65.5 cm³/mol. The number of hydrogen-bond donors (Lipinski definition) is 1. The van der Waals surface area contributed by atoms with Crippen LogP contribution in [-0.4, -0.2) is 14.8 Å². The first-order valence-electron chi connectivity index (χ1n) is 5.79. The normalized spacial score (nSPS) is 11.2. The van der Waals surface area contributed by atoms with Crippen molar-refractivity contribution in [1.29, 1.82) is 0 Å². The summed E-state index contributed by atoms with van der Waals surface area (Å²) in [5.41, 5.74) is 0. The first-order chi connectivity index (χ1) is 7.15. The molecule has 0 spiro atoms. The lowest BCUT2D eigenvalue weighted by Crippen LogP contribution is -2.03. The Morgan fingerprint density at radius 1 is 1.40 bits per heavy atom. The topological polar surface area (TPSA) is 33.6 Å². The van der Waals surface area contributed by atoms with Crippen molar-refractivity contribution in [2.24, 2.45) is 5.92 Å². The number of H-pyrrole nitrogens is 1. The van der Waals surface area contributed by atoms with Crippen LogP contribution in [0.5, 0.6) is 0 Å². The van der Waals surface area contributed by atoms with E-state index < -0.39 is 0 Å². The fraction of sp³-hybridized carbons (Fsp3) is 0.818. The zero-order chi connectivity index (χ0) is 11.3. The summed E-state index contributed by atoms with van der Waals surface area (Å²) < 4.78 is 2.88. The van der Waals surface area contributed by atoms with Crippen LogP contribution in [0.1, 0.15) is 45.9 Å². The van der Waals surface area contributed by atoms with E-state index in [2.05, 4.69) is 35.5 Å². The minimum absolute atomic E-state index is 0.761. The van der Waals surface area contributed by atoms with Crippen LogP contribution in [0, 0.1) is 10.7 Å². The molecule has 0 aromatic carbocycles. The summed E-state index contributed by atoms with van der Waals surface area (Å²) in [5, 5.41) is 7.05. The molecule has 0 fully saturated rings. The Kier molecular flexibility index (Phi) is 5.02. The van der Waals surface area contributed by atoms with Gasteiger partial charge < -0.3 is 4.57 Å². The summed E-state index contributed by atoms with van der Waals surface area (Å²) in [6.07, 6.45) is 4.71. The number of nitrogens with zero attached hydrogens (tertiary/aromatic N) is 2. The molecule has 15 heavy (non-hydrogen) atoms. The van der Waals surface area contributed by atoms with Crippen molar-refractivity contribution < 1.29 is 0 Å². The first-order valence-corrected chi connectivity index (χ1v) is 6.20. The van der Waals surface area contributed by atoms with Crippen molar-refractivity contribution in [3.05, 3.63) is 10.6 Å². The zero-order valence-corrected chi connectivity index (χ0v) is 10.7. The quantitative estimate of drug-likeness (QED) is 0.597. The van der Waals surface area contributed by atoms with Crippen LogP contribution in [-0.2, 0) is 13.0 Å². The molecule has 1 N–H and O–H groups in total. The van der Waals surface area contributed by atoms with Gasteiger partial charge in [-0.3, -0.25) is 5.10 Å². The van der Waals surface area contributed by atoms with Gasteiger partial charge in [-0.25, -0.2) is 0 Å². The van der Waals surface area contributed by atoms with Gasteiger partial charge >= 0.3 is 0 Å². The molecule has 0 aliphatic carbocycles. The summed E-state index contributed by atoms with van der Waals surface area (Å²) in [5.74, 6) is 1.87. The van der Waals surface area contributed by atoms with Gasteiger partial charge in [-0.15, -0.1) is 0 Å². The number of nitrogens with one attached hydrogen (secondary N) is 1. The molecule has 0 amide bonds. The van der Waals surface area contributed by atoms with Crippen molar-refractivity contribution in [2.75, 3.05) is 0 Å². The van der Waals surface area contributed by atoms with Gasteiger partial charge in [0.2, 0.25) is 0 Å². The van der Waals surface area contributed by atoms with E-state index in [0.717, 1.165) is 29.5 Å². The molecule has 0 aliphatic heterocycles. The van der Waals surface area contributed by atoms with E-state index >= 15 is 0 Å². The number of unbranched alkanes of at least 4 members (excludes halogenated alkanes) is 1. The van der Waals surface area contributed by atoms with Gasteiger partial charge in [0, 0.05) is 13.0 Å². The SMILES string of the molecule is CCc1n[nH]c(=S)n1CCCCC(C)C. The average molecular weight is 227 g/mol. The highest BCUT2D eigenvalue weighted by Gasteiger charge is 2.03. The van der Waals surface area contributed by atoms with Gasteiger partial charge in [-0.1, -0.05) is 33.6 Å². The number of rotatable bonds is 6. The van der Waals surface area contributed by atoms with Crippen LogP contribution >= 0.6 is 12.2 Å². The van der Waals surface area contributed by atoms with Gasteiger partial charge in [-0.2, -0.15) is 5.10 Å². The fourth-order valence-corrected chi connectivity index (χ4v) is 1.92. The number of aryl methyl sites for hydroxylation is 1. The van der Waals surface area contributed by atoms with E-state index in [4.69, 9.17) is 12.2 Å². The van der Waals surface area contributed by atoms with Crippen molar-refractivity contribution in [1.82, 2.24) is 14.8 Å². The molecule has 1 heterocycles. The van der Waals surface area contributed by atoms with Crippen molar-refractivity contribution in [3.63, 3.8) is 0 Å². The molecule has 0 unspecified atom stereocenters. The van der Waals surface area contributed by atoms with Crippen molar-refractivity contribution in [2.45, 2.75) is 53.0 Å². The maximum atomic E-state index is 5.19. The average Bonchev–Trinajstić information content (AvgIpc) is 2.54. The van der Waals surface area contributed by atoms with Crippen LogP contribution in [0.25, 0.3) is 0 Å². The molecule has 1 aromatic rings. The van der Waals surface area contributed by atoms with E-state index in [9.17, 15) is 0 Å². The molecule has 1 rings (SSSR count). The summed E-state index contributed by atoms with van der Waals surface area (Å²) in [7, 11) is 0. The second-order valence-electron chi connectivity index (χ2n) is 4.34. The molecule has 0 atom stereocenters. The Morgan fingerprint density at radius 3 is 2.73 bits per heavy atom. The van der Waals surface area contributed by atoms with Crippen LogP contribution < -0.4 is 0 Å². The van der Waals surface area contributed by atoms with Gasteiger partial charge in [0.25, 0.3) is 0 Å². The Morgan fingerprint density at radius 2 is 2.13 bits per heavy atom. The Bertz CT molecular complexity index is 338. The highest BCUT2D eigenvalue weighted by Crippen LogP contribution is 2.08. The molecular weight excluding hydrogens is 206 g/mol. The Labute approximate surface area is 96.9 Å². The Hall–Kier alpha value is -0.640. The van der Waals surface area contributed by atoms with E-state index in [1.54, 1.807) is 0 Å². The van der Waals surface area contributed by atoms with Gasteiger partial charge in [0.05, 0.1) is 0 Å². The molecule has 0 aliphatic rings. The van der Waals surface area contributed by atoms with Gasteiger partial charge in [-0.05, 0) is 24.6 Å². The monoisotopic (exact) mass is 227 g/mol. The van der Waals surface area contributed by atoms with Crippen LogP contribution in [0.15, 0.2) is 0 Å². The second-order valence-corrected chi connectivity index (χ2v) is 4.73. The molecule has 86 valence electrons. The van der Waals surface area contributed by atoms with Crippen LogP contribution in [0.4, 0.5) is 0 Å². The fourth-order valence-electron chi connectivity index (χ4n) is 1.67. The molecule has 1 aromatic heterocycles. The highest BCUT2D eigenvalue weighted by molar-refractivity contribution is 7.71. The van der Waals surface area contributed by atoms with E-state index in [1.807, 2.05) is 0 Å². The largest absolute Gasteiger partial charge is 0.304 e. The summed E-state index contributed by atoms with van der Waals surface area (Å²) in [6.45, 7) is 7.64. The first kappa shape index (κ1) is 12.4. The third kappa shape index (κ3) is 3.78. The van der Waals surface area contributed by atoms with Crippen molar-refractivity contribution in [3.8, 4) is 0 Å². The lowest BCUT2D eigenvalue weighted by Gasteiger charge is -2.06. The standard InChI is InChI=1S/C11H21N3S/c1-4-10-12-13-11(15)14(10)8-6-5-7-9(2)3/h9H,4-8H2,1-3H3,(H,13,15). The molecule has 3 nitrogen and oxygen atoms in total. The lowest BCUT2D eigenvalue weighted by atomic mass is 10.1. The van der Waals surface area contributed by atoms with E-state index in [-0.39, 0.29) is 0 Å². The molecular formula is C11H21N3S. The van der Waals surface area contributed by atoms with Crippen molar-refractivity contribution >= 4 is 12.2 Å². The van der Waals surface area contributed by atoms with Gasteiger partial charge in [0.1, 0.15) is 5.82 Å². The lowest BCUT2D eigenvalue weighted by molar-refractivity contribution is 0.502. The minimum atomic E-state index is 0.761. The predicted octanol–water partition coefficient (Wildman–Crippen LogP) is 3.33. The smallest absolute Gasteiger partial charge is 0.195 e. The minimum Gasteiger partial charge on any atom is -0.304 e. The molecule has 0 saturated heterocycles. The maximum absolute atomic E-state index is 5.19. The number of aromatic nitrogens is 3. The third-order valence-electron chi connectivity index (χ3n) is 2.57. The number of aromatic amines is 1. The summed E-state index contributed by atoms with van der Waals surface area (Å²) in [6, 6.07) is 0. The molecule has 0 saturated carbocycles. The second kappa shape index (κ2) is 6.05. The van der Waals surface area contributed by atoms with E-state index in [0.29, 0.717) is 0 Å². The maximum Gasteiger partial charge on any atom is 0.195 e. The summed E-state index contributed by atoms with van der Waals surface area (Å²) in [4.78, 5) is 0. The highest BCUT2D eigenvalue weighted by atomic mass is 32.1. The molecule has 0 radical (unpaired) electrons.